The third-order valence-electron chi connectivity index (χ3n) is 4.52. The molecule has 0 atom stereocenters. The first-order chi connectivity index (χ1) is 11.4. The van der Waals surface area contributed by atoms with Crippen molar-refractivity contribution in [3.8, 4) is 0 Å². The first kappa shape index (κ1) is 15.3. The number of hydrogen-bond donors (Lipinski definition) is 0. The lowest BCUT2D eigenvalue weighted by atomic mass is 10.2. The maximum absolute atomic E-state index is 2.53. The molecular weight excluding hydrogens is 320 g/mol. The number of nitrogens with zero attached hydrogens (tertiary/aromatic N) is 2. The van der Waals surface area contributed by atoms with E-state index >= 15 is 0 Å². The van der Waals surface area contributed by atoms with Crippen molar-refractivity contribution in [2.75, 3.05) is 34.6 Å². The second-order valence-electron chi connectivity index (χ2n) is 6.07. The zero-order chi connectivity index (χ0) is 15.5. The van der Waals surface area contributed by atoms with E-state index in [1.54, 1.807) is 0 Å². The molecule has 0 spiro atoms. The SMILES string of the molecule is c1ccc2c(c1)SCN2CCCCCN1CSc2ccccc21. The highest BCUT2D eigenvalue weighted by Crippen LogP contribution is 2.39. The van der Waals surface area contributed by atoms with Gasteiger partial charge in [-0.15, -0.1) is 23.5 Å². The van der Waals surface area contributed by atoms with E-state index in [1.807, 2.05) is 23.5 Å². The quantitative estimate of drug-likeness (QED) is 0.657. The van der Waals surface area contributed by atoms with Crippen LogP contribution in [0.3, 0.4) is 0 Å². The summed E-state index contributed by atoms with van der Waals surface area (Å²) >= 11 is 3.93. The Kier molecular flexibility index (Phi) is 4.72. The van der Waals surface area contributed by atoms with Gasteiger partial charge >= 0.3 is 0 Å². The van der Waals surface area contributed by atoms with Gasteiger partial charge in [-0.25, -0.2) is 0 Å². The summed E-state index contributed by atoms with van der Waals surface area (Å²) in [7, 11) is 0. The summed E-state index contributed by atoms with van der Waals surface area (Å²) in [6, 6.07) is 17.6. The zero-order valence-corrected chi connectivity index (χ0v) is 14.9. The van der Waals surface area contributed by atoms with E-state index in [-0.39, 0.29) is 0 Å². The zero-order valence-electron chi connectivity index (χ0n) is 13.3. The van der Waals surface area contributed by atoms with Crippen molar-refractivity contribution in [1.82, 2.24) is 0 Å². The maximum atomic E-state index is 2.53. The fourth-order valence-electron chi connectivity index (χ4n) is 3.27. The topological polar surface area (TPSA) is 6.48 Å². The summed E-state index contributed by atoms with van der Waals surface area (Å²) in [5.41, 5.74) is 2.87. The predicted molar refractivity (Wildman–Crippen MR) is 103 cm³/mol. The monoisotopic (exact) mass is 342 g/mol. The fourth-order valence-corrected chi connectivity index (χ4v) is 5.43. The Hall–Kier alpha value is -1.26. The Morgan fingerprint density at radius 2 is 1.13 bits per heavy atom. The molecule has 2 aromatic rings. The number of anilines is 2. The van der Waals surface area contributed by atoms with E-state index in [9.17, 15) is 0 Å². The Morgan fingerprint density at radius 1 is 0.652 bits per heavy atom. The van der Waals surface area contributed by atoms with Crippen molar-refractivity contribution in [3.63, 3.8) is 0 Å². The lowest BCUT2D eigenvalue weighted by Crippen LogP contribution is -2.22. The van der Waals surface area contributed by atoms with Crippen LogP contribution >= 0.6 is 23.5 Å². The predicted octanol–water partition coefficient (Wildman–Crippen LogP) is 5.30. The number of benzene rings is 2. The van der Waals surface area contributed by atoms with Crippen LogP contribution in [-0.2, 0) is 0 Å². The van der Waals surface area contributed by atoms with Crippen LogP contribution in [0.1, 0.15) is 19.3 Å². The average molecular weight is 343 g/mol. The van der Waals surface area contributed by atoms with Gasteiger partial charge in [0.2, 0.25) is 0 Å². The first-order valence-corrected chi connectivity index (χ1v) is 10.3. The summed E-state index contributed by atoms with van der Waals surface area (Å²) in [5.74, 6) is 2.24. The molecule has 0 unspecified atom stereocenters. The third-order valence-corrected chi connectivity index (χ3v) is 6.71. The number of rotatable bonds is 6. The van der Waals surface area contributed by atoms with Crippen LogP contribution in [0.4, 0.5) is 11.4 Å². The number of fused-ring (bicyclic) bond motifs is 2. The van der Waals surface area contributed by atoms with Gasteiger partial charge in [0.05, 0.1) is 23.1 Å². The number of para-hydroxylation sites is 2. The lowest BCUT2D eigenvalue weighted by molar-refractivity contribution is 0.662. The van der Waals surface area contributed by atoms with Crippen molar-refractivity contribution in [2.24, 2.45) is 0 Å². The maximum Gasteiger partial charge on any atom is 0.0686 e. The van der Waals surface area contributed by atoms with Gasteiger partial charge in [0, 0.05) is 22.9 Å². The minimum absolute atomic E-state index is 1.12. The molecule has 0 N–H and O–H groups in total. The van der Waals surface area contributed by atoms with Gasteiger partial charge < -0.3 is 9.80 Å². The van der Waals surface area contributed by atoms with Gasteiger partial charge in [-0.1, -0.05) is 24.3 Å². The standard InChI is InChI=1S/C19H22N2S2/c1(6-12-20-14-22-18-10-4-2-8-16(18)20)7-13-21-15-23-19-11-5-3-9-17(19)21/h2-5,8-11H,1,6-7,12-15H2. The number of hydrogen-bond acceptors (Lipinski definition) is 4. The molecule has 23 heavy (non-hydrogen) atoms. The van der Waals surface area contributed by atoms with Gasteiger partial charge in [0.15, 0.2) is 0 Å². The molecule has 0 amide bonds. The van der Waals surface area contributed by atoms with E-state index in [0.29, 0.717) is 0 Å². The number of unbranched alkanes of at least 4 members (excludes halogenated alkanes) is 2. The Morgan fingerprint density at radius 3 is 1.65 bits per heavy atom. The third kappa shape index (κ3) is 3.33. The largest absolute Gasteiger partial charge is 0.361 e. The van der Waals surface area contributed by atoms with Crippen LogP contribution in [0.15, 0.2) is 58.3 Å². The molecule has 0 radical (unpaired) electrons. The molecule has 0 fully saturated rings. The van der Waals surface area contributed by atoms with Gasteiger partial charge in [0.25, 0.3) is 0 Å². The number of thioether (sulfide) groups is 2. The van der Waals surface area contributed by atoms with Crippen molar-refractivity contribution >= 4 is 34.9 Å². The van der Waals surface area contributed by atoms with Crippen molar-refractivity contribution in [3.05, 3.63) is 48.5 Å². The molecule has 0 saturated heterocycles. The summed E-state index contributed by atoms with van der Waals surface area (Å²) < 4.78 is 0. The highest BCUT2D eigenvalue weighted by molar-refractivity contribution is 8.00. The summed E-state index contributed by atoms with van der Waals surface area (Å²) in [5, 5.41) is 0. The van der Waals surface area contributed by atoms with Crippen LogP contribution in [0, 0.1) is 0 Å². The van der Waals surface area contributed by atoms with E-state index in [0.717, 1.165) is 11.8 Å². The van der Waals surface area contributed by atoms with Crippen LogP contribution in [-0.4, -0.2) is 24.8 Å². The second-order valence-corrected chi connectivity index (χ2v) is 8.04. The Bertz CT molecular complexity index is 616. The smallest absolute Gasteiger partial charge is 0.0686 e. The van der Waals surface area contributed by atoms with Crippen LogP contribution in [0.2, 0.25) is 0 Å². The summed E-state index contributed by atoms with van der Waals surface area (Å²) in [6.45, 7) is 2.38. The van der Waals surface area contributed by atoms with Crippen molar-refractivity contribution in [1.29, 1.82) is 0 Å². The molecule has 4 heteroatoms. The second kappa shape index (κ2) is 7.10. The van der Waals surface area contributed by atoms with Crippen LogP contribution in [0.25, 0.3) is 0 Å². The van der Waals surface area contributed by atoms with E-state index in [1.165, 1.54) is 53.5 Å². The fraction of sp³-hybridized carbons (Fsp3) is 0.368. The molecule has 2 nitrogen and oxygen atoms in total. The van der Waals surface area contributed by atoms with Crippen molar-refractivity contribution < 1.29 is 0 Å². The molecule has 2 heterocycles. The van der Waals surface area contributed by atoms with E-state index in [4.69, 9.17) is 0 Å². The molecule has 0 bridgehead atoms. The van der Waals surface area contributed by atoms with Gasteiger partial charge in [0.1, 0.15) is 0 Å². The molecule has 2 aliphatic rings. The molecule has 0 saturated carbocycles. The lowest BCUT2D eigenvalue weighted by Gasteiger charge is -2.20. The molecular formula is C19H22N2S2. The molecule has 4 rings (SSSR count). The average Bonchev–Trinajstić information content (AvgIpc) is 3.19. The molecule has 2 aliphatic heterocycles. The minimum atomic E-state index is 1.12. The molecule has 0 aromatic heterocycles. The Balaban J connectivity index is 1.21. The van der Waals surface area contributed by atoms with E-state index in [2.05, 4.69) is 58.3 Å². The molecule has 2 aromatic carbocycles. The minimum Gasteiger partial charge on any atom is -0.361 e. The van der Waals surface area contributed by atoms with Crippen molar-refractivity contribution in [2.45, 2.75) is 29.1 Å². The molecule has 120 valence electrons. The van der Waals surface area contributed by atoms with Crippen LogP contribution < -0.4 is 9.80 Å². The van der Waals surface area contributed by atoms with Gasteiger partial charge in [-0.2, -0.15) is 0 Å². The van der Waals surface area contributed by atoms with Crippen LogP contribution in [0.5, 0.6) is 0 Å². The first-order valence-electron chi connectivity index (χ1n) is 8.35. The Labute approximate surface area is 147 Å². The summed E-state index contributed by atoms with van der Waals surface area (Å²) in [4.78, 5) is 7.94. The van der Waals surface area contributed by atoms with E-state index < -0.39 is 0 Å². The van der Waals surface area contributed by atoms with Gasteiger partial charge in [-0.3, -0.25) is 0 Å². The normalized spacial score (nSPS) is 15.8. The highest BCUT2D eigenvalue weighted by atomic mass is 32.2. The van der Waals surface area contributed by atoms with Gasteiger partial charge in [-0.05, 0) is 43.5 Å². The highest BCUT2D eigenvalue weighted by Gasteiger charge is 2.19. The molecule has 0 aliphatic carbocycles. The summed E-state index contributed by atoms with van der Waals surface area (Å²) in [6.07, 6.45) is 3.89.